The van der Waals surface area contributed by atoms with Crippen LogP contribution in [-0.4, -0.2) is 17.6 Å². The average molecular weight is 348 g/mol. The monoisotopic (exact) mass is 348 g/mol. The highest BCUT2D eigenvalue weighted by Gasteiger charge is 2.18. The Balaban J connectivity index is 1.87. The van der Waals surface area contributed by atoms with Gasteiger partial charge in [-0.05, 0) is 58.9 Å². The fourth-order valence-corrected chi connectivity index (χ4v) is 2.09. The number of nitrogens with one attached hydrogen (secondary N) is 2. The van der Waals surface area contributed by atoms with E-state index in [1.807, 2.05) is 26.0 Å². The van der Waals surface area contributed by atoms with Gasteiger partial charge in [0.1, 0.15) is 22.9 Å². The summed E-state index contributed by atoms with van der Waals surface area (Å²) in [5, 5.41) is 5.37. The Morgan fingerprint density at radius 3 is 2.48 bits per heavy atom. The van der Waals surface area contributed by atoms with Crippen molar-refractivity contribution in [2.24, 2.45) is 0 Å². The molecule has 7 nitrogen and oxygen atoms in total. The molecule has 0 saturated carbocycles. The number of furan rings is 2. The van der Waals surface area contributed by atoms with Crippen molar-refractivity contribution < 1.29 is 23.2 Å². The molecule has 2 rings (SSSR count). The van der Waals surface area contributed by atoms with E-state index in [-0.39, 0.29) is 24.3 Å². The lowest BCUT2D eigenvalue weighted by Gasteiger charge is -2.19. The first-order chi connectivity index (χ1) is 11.6. The normalized spacial score (nSPS) is 12.5. The van der Waals surface area contributed by atoms with Crippen LogP contribution in [0.1, 0.15) is 61.6 Å². The molecule has 25 heavy (non-hydrogen) atoms. The fraction of sp³-hybridized carbons (Fsp3) is 0.444. The predicted octanol–water partition coefficient (Wildman–Crippen LogP) is 3.70. The summed E-state index contributed by atoms with van der Waals surface area (Å²) in [5.41, 5.74) is -0.571. The number of amides is 2. The predicted molar refractivity (Wildman–Crippen MR) is 91.1 cm³/mol. The van der Waals surface area contributed by atoms with Crippen molar-refractivity contribution in [1.82, 2.24) is 10.6 Å². The summed E-state index contributed by atoms with van der Waals surface area (Å²) in [5.74, 6) is 1.72. The highest BCUT2D eigenvalue weighted by Crippen LogP contribution is 2.17. The van der Waals surface area contributed by atoms with Crippen LogP contribution >= 0.6 is 0 Å². The molecule has 0 bridgehead atoms. The van der Waals surface area contributed by atoms with E-state index in [1.54, 1.807) is 32.9 Å². The molecule has 0 spiro atoms. The Morgan fingerprint density at radius 2 is 1.88 bits per heavy atom. The number of hydrogen-bond acceptors (Lipinski definition) is 5. The topological polar surface area (TPSA) is 93.7 Å². The van der Waals surface area contributed by atoms with Gasteiger partial charge in [-0.3, -0.25) is 4.79 Å². The zero-order valence-electron chi connectivity index (χ0n) is 15.1. The van der Waals surface area contributed by atoms with E-state index in [4.69, 9.17) is 13.6 Å². The van der Waals surface area contributed by atoms with E-state index >= 15 is 0 Å². The average Bonchev–Trinajstić information content (AvgIpc) is 3.12. The minimum absolute atomic E-state index is 0.134. The van der Waals surface area contributed by atoms with Gasteiger partial charge in [0.25, 0.3) is 5.91 Å². The number of rotatable bonds is 5. The number of carbonyl (C=O) groups is 2. The maximum atomic E-state index is 12.2. The van der Waals surface area contributed by atoms with Gasteiger partial charge in [-0.15, -0.1) is 0 Å². The van der Waals surface area contributed by atoms with Gasteiger partial charge in [0.2, 0.25) is 0 Å². The van der Waals surface area contributed by atoms with Crippen LogP contribution in [0.15, 0.2) is 33.1 Å². The van der Waals surface area contributed by atoms with E-state index < -0.39 is 11.7 Å². The van der Waals surface area contributed by atoms with Crippen LogP contribution in [0.2, 0.25) is 0 Å². The van der Waals surface area contributed by atoms with Gasteiger partial charge >= 0.3 is 6.09 Å². The molecule has 2 amide bonds. The maximum absolute atomic E-state index is 12.2. The molecule has 0 aliphatic heterocycles. The molecule has 0 aliphatic carbocycles. The first-order valence-corrected chi connectivity index (χ1v) is 8.07. The molecule has 1 unspecified atom stereocenters. The molecule has 2 N–H and O–H groups in total. The van der Waals surface area contributed by atoms with Gasteiger partial charge in [0.05, 0.1) is 12.6 Å². The molecular weight excluding hydrogens is 324 g/mol. The summed E-state index contributed by atoms with van der Waals surface area (Å²) in [6.07, 6.45) is -0.545. The Hall–Kier alpha value is -2.70. The minimum Gasteiger partial charge on any atom is -0.464 e. The summed E-state index contributed by atoms with van der Waals surface area (Å²) >= 11 is 0. The van der Waals surface area contributed by atoms with E-state index in [2.05, 4.69) is 10.6 Å². The second kappa shape index (κ2) is 7.46. The second-order valence-corrected chi connectivity index (χ2v) is 6.76. The Morgan fingerprint density at radius 1 is 1.16 bits per heavy atom. The summed E-state index contributed by atoms with van der Waals surface area (Å²) < 4.78 is 16.1. The van der Waals surface area contributed by atoms with Crippen molar-refractivity contribution in [3.63, 3.8) is 0 Å². The van der Waals surface area contributed by atoms with E-state index in [1.165, 1.54) is 0 Å². The number of aryl methyl sites for hydroxylation is 1. The zero-order chi connectivity index (χ0) is 18.6. The Kier molecular flexibility index (Phi) is 5.56. The highest BCUT2D eigenvalue weighted by atomic mass is 16.6. The lowest BCUT2D eigenvalue weighted by molar-refractivity contribution is 0.0520. The third-order valence-electron chi connectivity index (χ3n) is 3.23. The quantitative estimate of drug-likeness (QED) is 0.859. The van der Waals surface area contributed by atoms with Crippen LogP contribution in [0.4, 0.5) is 4.79 Å². The van der Waals surface area contributed by atoms with Gasteiger partial charge in [-0.25, -0.2) is 4.79 Å². The third-order valence-corrected chi connectivity index (χ3v) is 3.23. The Bertz CT molecular complexity index is 739. The van der Waals surface area contributed by atoms with E-state index in [9.17, 15) is 9.59 Å². The first kappa shape index (κ1) is 18.6. The standard InChI is InChI=1S/C18H24N2O5/c1-11-6-8-14(23-11)12(2)20-16(21)15-9-7-13(24-15)10-19-17(22)25-18(3,4)5/h6-9,12H,10H2,1-5H3,(H,19,22)(H,20,21). The summed E-state index contributed by atoms with van der Waals surface area (Å²) in [6.45, 7) is 9.14. The van der Waals surface area contributed by atoms with Crippen molar-refractivity contribution >= 4 is 12.0 Å². The van der Waals surface area contributed by atoms with Crippen molar-refractivity contribution in [3.05, 3.63) is 47.3 Å². The van der Waals surface area contributed by atoms with Gasteiger partial charge in [0.15, 0.2) is 5.76 Å². The molecule has 0 saturated heterocycles. The van der Waals surface area contributed by atoms with Gasteiger partial charge in [-0.2, -0.15) is 0 Å². The molecule has 7 heteroatoms. The van der Waals surface area contributed by atoms with Crippen molar-refractivity contribution in [2.75, 3.05) is 0 Å². The smallest absolute Gasteiger partial charge is 0.408 e. The summed E-state index contributed by atoms with van der Waals surface area (Å²) in [7, 11) is 0. The molecule has 136 valence electrons. The van der Waals surface area contributed by atoms with Gasteiger partial charge in [0, 0.05) is 0 Å². The number of alkyl carbamates (subject to hydrolysis) is 1. The summed E-state index contributed by atoms with van der Waals surface area (Å²) in [6, 6.07) is 6.56. The lowest BCUT2D eigenvalue weighted by atomic mass is 10.2. The van der Waals surface area contributed by atoms with Crippen molar-refractivity contribution in [2.45, 2.75) is 52.8 Å². The second-order valence-electron chi connectivity index (χ2n) is 6.76. The van der Waals surface area contributed by atoms with Crippen LogP contribution in [-0.2, 0) is 11.3 Å². The Labute approximate surface area is 146 Å². The van der Waals surface area contributed by atoms with E-state index in [0.29, 0.717) is 11.5 Å². The minimum atomic E-state index is -0.571. The molecule has 1 atom stereocenters. The first-order valence-electron chi connectivity index (χ1n) is 8.07. The number of ether oxygens (including phenoxy) is 1. The molecular formula is C18H24N2O5. The highest BCUT2D eigenvalue weighted by molar-refractivity contribution is 5.91. The van der Waals surface area contributed by atoms with Crippen LogP contribution in [0, 0.1) is 6.92 Å². The van der Waals surface area contributed by atoms with Crippen molar-refractivity contribution in [3.8, 4) is 0 Å². The largest absolute Gasteiger partial charge is 0.464 e. The third kappa shape index (κ3) is 5.70. The molecule has 0 fully saturated rings. The van der Waals surface area contributed by atoms with Crippen LogP contribution in [0.3, 0.4) is 0 Å². The molecule has 0 aromatic carbocycles. The number of carbonyl (C=O) groups excluding carboxylic acids is 2. The van der Waals surface area contributed by atoms with Crippen molar-refractivity contribution in [1.29, 1.82) is 0 Å². The maximum Gasteiger partial charge on any atom is 0.408 e. The summed E-state index contributed by atoms with van der Waals surface area (Å²) in [4.78, 5) is 23.8. The lowest BCUT2D eigenvalue weighted by Crippen LogP contribution is -2.32. The van der Waals surface area contributed by atoms with Gasteiger partial charge < -0.3 is 24.2 Å². The zero-order valence-corrected chi connectivity index (χ0v) is 15.1. The molecule has 2 heterocycles. The van der Waals surface area contributed by atoms with Crippen LogP contribution in [0.5, 0.6) is 0 Å². The van der Waals surface area contributed by atoms with Gasteiger partial charge in [-0.1, -0.05) is 0 Å². The SMILES string of the molecule is Cc1ccc(C(C)NC(=O)c2ccc(CNC(=O)OC(C)(C)C)o2)o1. The van der Waals surface area contributed by atoms with Crippen LogP contribution in [0.25, 0.3) is 0 Å². The number of hydrogen-bond donors (Lipinski definition) is 2. The molecule has 0 aliphatic rings. The van der Waals surface area contributed by atoms with Crippen LogP contribution < -0.4 is 10.6 Å². The molecule has 2 aromatic heterocycles. The van der Waals surface area contributed by atoms with E-state index in [0.717, 1.165) is 5.76 Å². The molecule has 2 aromatic rings. The fourth-order valence-electron chi connectivity index (χ4n) is 2.09. The molecule has 0 radical (unpaired) electrons.